The third kappa shape index (κ3) is 2.27. The SMILES string of the molecule is O=Cc1cnc(C(F)(F)F)cc1[N+](=O)[O-]. The predicted molar refractivity (Wildman–Crippen MR) is 41.3 cm³/mol. The van der Waals surface area contributed by atoms with Crippen LogP contribution in [0.4, 0.5) is 18.9 Å². The fourth-order valence-corrected chi connectivity index (χ4v) is 0.859. The van der Waals surface area contributed by atoms with E-state index in [0.29, 0.717) is 6.20 Å². The first-order chi connectivity index (χ1) is 6.86. The zero-order chi connectivity index (χ0) is 11.6. The van der Waals surface area contributed by atoms with Gasteiger partial charge in [0.2, 0.25) is 0 Å². The molecule has 8 heteroatoms. The van der Waals surface area contributed by atoms with Gasteiger partial charge in [0, 0.05) is 12.3 Å². The van der Waals surface area contributed by atoms with Crippen LogP contribution in [-0.4, -0.2) is 16.2 Å². The van der Waals surface area contributed by atoms with Crippen LogP contribution in [0.1, 0.15) is 16.1 Å². The van der Waals surface area contributed by atoms with Gasteiger partial charge in [-0.3, -0.25) is 19.9 Å². The summed E-state index contributed by atoms with van der Waals surface area (Å²) in [6.45, 7) is 0. The number of carbonyl (C=O) groups excluding carboxylic acids is 1. The van der Waals surface area contributed by atoms with Gasteiger partial charge in [0.25, 0.3) is 5.69 Å². The van der Waals surface area contributed by atoms with Gasteiger partial charge in [-0.2, -0.15) is 13.2 Å². The maximum atomic E-state index is 12.1. The van der Waals surface area contributed by atoms with Gasteiger partial charge >= 0.3 is 6.18 Å². The standard InChI is InChI=1S/C7H3F3N2O3/c8-7(9,10)6-1-5(12(14)15)4(3-13)2-11-6/h1-3H. The van der Waals surface area contributed by atoms with Gasteiger partial charge in [0.15, 0.2) is 12.0 Å². The van der Waals surface area contributed by atoms with E-state index >= 15 is 0 Å². The van der Waals surface area contributed by atoms with E-state index in [0.717, 1.165) is 0 Å². The van der Waals surface area contributed by atoms with Crippen LogP contribution in [-0.2, 0) is 6.18 Å². The van der Waals surface area contributed by atoms with Crippen molar-refractivity contribution in [3.8, 4) is 0 Å². The Balaban J connectivity index is 3.35. The number of rotatable bonds is 2. The van der Waals surface area contributed by atoms with E-state index in [4.69, 9.17) is 0 Å². The van der Waals surface area contributed by atoms with E-state index in [1.165, 1.54) is 0 Å². The zero-order valence-corrected chi connectivity index (χ0v) is 6.99. The minimum Gasteiger partial charge on any atom is -0.298 e. The summed E-state index contributed by atoms with van der Waals surface area (Å²) in [5.74, 6) is 0. The summed E-state index contributed by atoms with van der Waals surface area (Å²) in [5, 5.41) is 10.3. The number of hydrogen-bond donors (Lipinski definition) is 0. The summed E-state index contributed by atoms with van der Waals surface area (Å²) in [4.78, 5) is 22.4. The number of alkyl halides is 3. The van der Waals surface area contributed by atoms with Crippen molar-refractivity contribution in [3.05, 3.63) is 33.6 Å². The Morgan fingerprint density at radius 2 is 2.07 bits per heavy atom. The van der Waals surface area contributed by atoms with Crippen molar-refractivity contribution in [2.45, 2.75) is 6.18 Å². The molecule has 1 aromatic heterocycles. The highest BCUT2D eigenvalue weighted by Crippen LogP contribution is 2.30. The molecule has 0 aliphatic heterocycles. The molecule has 0 aliphatic rings. The molecule has 1 rings (SSSR count). The normalized spacial score (nSPS) is 11.1. The molecular weight excluding hydrogens is 217 g/mol. The molecule has 80 valence electrons. The molecule has 1 heterocycles. The van der Waals surface area contributed by atoms with E-state index in [2.05, 4.69) is 4.98 Å². The maximum Gasteiger partial charge on any atom is 0.433 e. The molecule has 0 fully saturated rings. The number of carbonyl (C=O) groups is 1. The van der Waals surface area contributed by atoms with Gasteiger partial charge in [-0.15, -0.1) is 0 Å². The molecule has 1 aromatic rings. The maximum absolute atomic E-state index is 12.1. The molecular formula is C7H3F3N2O3. The second-order valence-corrected chi connectivity index (χ2v) is 2.50. The second-order valence-electron chi connectivity index (χ2n) is 2.50. The molecule has 0 unspecified atom stereocenters. The highest BCUT2D eigenvalue weighted by Gasteiger charge is 2.34. The number of halogens is 3. The van der Waals surface area contributed by atoms with E-state index < -0.39 is 28.0 Å². The van der Waals surface area contributed by atoms with E-state index in [1.807, 2.05) is 0 Å². The van der Waals surface area contributed by atoms with Gasteiger partial charge in [0.1, 0.15) is 5.56 Å². The van der Waals surface area contributed by atoms with Crippen LogP contribution in [0.2, 0.25) is 0 Å². The van der Waals surface area contributed by atoms with Crippen LogP contribution in [0.25, 0.3) is 0 Å². The Kier molecular flexibility index (Phi) is 2.69. The van der Waals surface area contributed by atoms with Crippen molar-refractivity contribution >= 4 is 12.0 Å². The summed E-state index contributed by atoms with van der Waals surface area (Å²) < 4.78 is 36.3. The first kappa shape index (κ1) is 11.1. The smallest absolute Gasteiger partial charge is 0.298 e. The van der Waals surface area contributed by atoms with E-state index in [-0.39, 0.29) is 12.4 Å². The van der Waals surface area contributed by atoms with E-state index in [1.54, 1.807) is 0 Å². The number of nitro groups is 1. The Morgan fingerprint density at radius 3 is 2.47 bits per heavy atom. The van der Waals surface area contributed by atoms with Crippen molar-refractivity contribution in [3.63, 3.8) is 0 Å². The lowest BCUT2D eigenvalue weighted by atomic mass is 10.2. The van der Waals surface area contributed by atoms with Crippen molar-refractivity contribution in [1.29, 1.82) is 0 Å². The van der Waals surface area contributed by atoms with Crippen molar-refractivity contribution in [1.82, 2.24) is 4.98 Å². The molecule has 0 N–H and O–H groups in total. The number of aromatic nitrogens is 1. The molecule has 0 atom stereocenters. The minimum absolute atomic E-state index is 0.0747. The quantitative estimate of drug-likeness (QED) is 0.433. The summed E-state index contributed by atoms with van der Waals surface area (Å²) in [7, 11) is 0. The largest absolute Gasteiger partial charge is 0.433 e. The minimum atomic E-state index is -4.77. The molecule has 0 radical (unpaired) electrons. The first-order valence-corrected chi connectivity index (χ1v) is 3.53. The molecule has 5 nitrogen and oxygen atoms in total. The summed E-state index contributed by atoms with van der Waals surface area (Å²) in [5.41, 5.74) is -2.81. The number of pyridine rings is 1. The van der Waals surface area contributed by atoms with Crippen molar-refractivity contribution in [2.75, 3.05) is 0 Å². The lowest BCUT2D eigenvalue weighted by Gasteiger charge is -2.04. The molecule has 0 saturated carbocycles. The average molecular weight is 220 g/mol. The van der Waals surface area contributed by atoms with Gasteiger partial charge in [-0.1, -0.05) is 0 Å². The number of aldehydes is 1. The highest BCUT2D eigenvalue weighted by atomic mass is 19.4. The van der Waals surface area contributed by atoms with Crippen LogP contribution >= 0.6 is 0 Å². The van der Waals surface area contributed by atoms with Crippen LogP contribution in [0, 0.1) is 10.1 Å². The van der Waals surface area contributed by atoms with Crippen LogP contribution in [0.3, 0.4) is 0 Å². The Morgan fingerprint density at radius 1 is 1.47 bits per heavy atom. The second kappa shape index (κ2) is 3.64. The summed E-state index contributed by atoms with van der Waals surface area (Å²) in [6, 6.07) is 0.226. The average Bonchev–Trinajstić information content (AvgIpc) is 2.15. The molecule has 0 bridgehead atoms. The number of nitrogens with zero attached hydrogens (tertiary/aromatic N) is 2. The topological polar surface area (TPSA) is 73.1 Å². The Labute approximate surface area is 80.7 Å². The van der Waals surface area contributed by atoms with Crippen LogP contribution < -0.4 is 0 Å². The Bertz CT molecular complexity index is 416. The molecule has 0 aliphatic carbocycles. The molecule has 0 aromatic carbocycles. The molecule has 0 spiro atoms. The van der Waals surface area contributed by atoms with Crippen molar-refractivity contribution < 1.29 is 22.9 Å². The highest BCUT2D eigenvalue weighted by molar-refractivity contribution is 5.80. The van der Waals surface area contributed by atoms with Gasteiger partial charge in [0.05, 0.1) is 4.92 Å². The first-order valence-electron chi connectivity index (χ1n) is 3.53. The predicted octanol–water partition coefficient (Wildman–Crippen LogP) is 1.82. The summed E-state index contributed by atoms with van der Waals surface area (Å²) >= 11 is 0. The fraction of sp³-hybridized carbons (Fsp3) is 0.143. The molecule has 15 heavy (non-hydrogen) atoms. The molecule has 0 saturated heterocycles. The van der Waals surface area contributed by atoms with Crippen LogP contribution in [0.5, 0.6) is 0 Å². The monoisotopic (exact) mass is 220 g/mol. The third-order valence-corrected chi connectivity index (χ3v) is 1.53. The third-order valence-electron chi connectivity index (χ3n) is 1.53. The van der Waals surface area contributed by atoms with Gasteiger partial charge in [-0.05, 0) is 0 Å². The molecule has 0 amide bonds. The number of hydrogen-bond acceptors (Lipinski definition) is 4. The van der Waals surface area contributed by atoms with Gasteiger partial charge in [-0.25, -0.2) is 0 Å². The lowest BCUT2D eigenvalue weighted by Crippen LogP contribution is -2.09. The van der Waals surface area contributed by atoms with Gasteiger partial charge < -0.3 is 0 Å². The lowest BCUT2D eigenvalue weighted by molar-refractivity contribution is -0.385. The Hall–Kier alpha value is -1.99. The fourth-order valence-electron chi connectivity index (χ4n) is 0.859. The van der Waals surface area contributed by atoms with Crippen molar-refractivity contribution in [2.24, 2.45) is 0 Å². The van der Waals surface area contributed by atoms with E-state index in [9.17, 15) is 28.1 Å². The summed E-state index contributed by atoms with van der Waals surface area (Å²) in [6.07, 6.45) is -4.18. The zero-order valence-electron chi connectivity index (χ0n) is 6.99. The van der Waals surface area contributed by atoms with Crippen LogP contribution in [0.15, 0.2) is 12.3 Å².